The van der Waals surface area contributed by atoms with Gasteiger partial charge in [-0.1, -0.05) is 6.07 Å². The number of hydrogen-bond acceptors (Lipinski definition) is 4. The molecule has 5 heteroatoms. The fourth-order valence-electron chi connectivity index (χ4n) is 1.27. The third-order valence-corrected chi connectivity index (χ3v) is 1.94. The van der Waals surface area contributed by atoms with Gasteiger partial charge in [0.15, 0.2) is 5.82 Å². The lowest BCUT2D eigenvalue weighted by molar-refractivity contribution is 0.418. The van der Waals surface area contributed by atoms with Crippen LogP contribution in [0.1, 0.15) is 0 Å². The largest absolute Gasteiger partial charge is 0.494 e. The average Bonchev–Trinajstić information content (AvgIpc) is 2.19. The molecule has 14 heavy (non-hydrogen) atoms. The zero-order valence-corrected chi connectivity index (χ0v) is 7.57. The summed E-state index contributed by atoms with van der Waals surface area (Å²) in [6, 6.07) is 5.28. The third-order valence-electron chi connectivity index (χ3n) is 1.94. The molecule has 0 aliphatic carbocycles. The van der Waals surface area contributed by atoms with Crippen molar-refractivity contribution in [2.75, 3.05) is 12.8 Å². The van der Waals surface area contributed by atoms with E-state index in [1.165, 1.54) is 7.11 Å². The number of benzene rings is 1. The Morgan fingerprint density at radius 2 is 2.29 bits per heavy atom. The topological polar surface area (TPSA) is 81.0 Å². The number of methoxy groups -OCH3 is 1. The van der Waals surface area contributed by atoms with Crippen molar-refractivity contribution < 1.29 is 4.74 Å². The molecule has 0 radical (unpaired) electrons. The molecule has 0 unspecified atom stereocenters. The van der Waals surface area contributed by atoms with Crippen LogP contribution in [0.25, 0.3) is 11.0 Å². The first-order valence-electron chi connectivity index (χ1n) is 4.05. The van der Waals surface area contributed by atoms with Crippen molar-refractivity contribution in [2.45, 2.75) is 0 Å². The summed E-state index contributed by atoms with van der Waals surface area (Å²) in [7, 11) is 1.53. The molecule has 2 rings (SSSR count). The van der Waals surface area contributed by atoms with E-state index >= 15 is 0 Å². The number of para-hydroxylation sites is 1. The Morgan fingerprint density at radius 3 is 3.00 bits per heavy atom. The van der Waals surface area contributed by atoms with Crippen molar-refractivity contribution in [2.24, 2.45) is 0 Å². The predicted molar refractivity (Wildman–Crippen MR) is 53.3 cm³/mol. The maximum atomic E-state index is 11.2. The van der Waals surface area contributed by atoms with Crippen LogP contribution in [-0.4, -0.2) is 17.1 Å². The Kier molecular flexibility index (Phi) is 1.85. The van der Waals surface area contributed by atoms with Crippen molar-refractivity contribution in [1.82, 2.24) is 9.97 Å². The van der Waals surface area contributed by atoms with Crippen LogP contribution in [0.2, 0.25) is 0 Å². The fraction of sp³-hybridized carbons (Fsp3) is 0.111. The van der Waals surface area contributed by atoms with Gasteiger partial charge in [0.25, 0.3) is 5.56 Å². The Labute approximate surface area is 79.5 Å². The summed E-state index contributed by atoms with van der Waals surface area (Å²) in [5.41, 5.74) is 6.16. The molecule has 0 saturated carbocycles. The first-order valence-corrected chi connectivity index (χ1v) is 4.05. The number of nitrogens with zero attached hydrogens (tertiary/aromatic N) is 1. The smallest absolute Gasteiger partial charge is 0.291 e. The second-order valence-electron chi connectivity index (χ2n) is 2.81. The molecule has 1 aromatic heterocycles. The minimum atomic E-state index is -0.401. The second kappa shape index (κ2) is 3.02. The van der Waals surface area contributed by atoms with Crippen molar-refractivity contribution in [3.8, 4) is 5.75 Å². The number of nitrogen functional groups attached to an aromatic ring is 1. The number of anilines is 1. The lowest BCUT2D eigenvalue weighted by Gasteiger charge is -2.03. The molecule has 0 amide bonds. The summed E-state index contributed by atoms with van der Waals surface area (Å²) in [5, 5.41) is 0. The minimum Gasteiger partial charge on any atom is -0.494 e. The molecule has 0 atom stereocenters. The standard InChI is InChI=1S/C9H9N3O2/c1-14-6-4-2-3-5-7(6)12-9(13)8(10)11-5/h2-4H,1H3,(H2,10,11)(H,12,13). The highest BCUT2D eigenvalue weighted by molar-refractivity contribution is 5.81. The maximum Gasteiger partial charge on any atom is 0.291 e. The van der Waals surface area contributed by atoms with E-state index in [9.17, 15) is 4.79 Å². The van der Waals surface area contributed by atoms with Crippen LogP contribution in [0, 0.1) is 0 Å². The van der Waals surface area contributed by atoms with Crippen LogP contribution in [0.4, 0.5) is 5.82 Å². The van der Waals surface area contributed by atoms with Gasteiger partial charge in [0.2, 0.25) is 0 Å². The van der Waals surface area contributed by atoms with Gasteiger partial charge in [-0.3, -0.25) is 4.79 Å². The fourth-order valence-corrected chi connectivity index (χ4v) is 1.27. The van der Waals surface area contributed by atoms with Crippen LogP contribution in [0.15, 0.2) is 23.0 Å². The quantitative estimate of drug-likeness (QED) is 0.688. The first-order chi connectivity index (χ1) is 6.72. The van der Waals surface area contributed by atoms with Crippen molar-refractivity contribution in [1.29, 1.82) is 0 Å². The van der Waals surface area contributed by atoms with Crippen molar-refractivity contribution >= 4 is 16.9 Å². The highest BCUT2D eigenvalue weighted by atomic mass is 16.5. The number of hydrogen-bond donors (Lipinski definition) is 2. The summed E-state index contributed by atoms with van der Waals surface area (Å²) in [6.45, 7) is 0. The number of aromatic nitrogens is 2. The highest BCUT2D eigenvalue weighted by Crippen LogP contribution is 2.20. The number of rotatable bonds is 1. The summed E-state index contributed by atoms with van der Waals surface area (Å²) in [4.78, 5) is 17.7. The molecule has 5 nitrogen and oxygen atoms in total. The van der Waals surface area contributed by atoms with Gasteiger partial charge in [-0.15, -0.1) is 0 Å². The summed E-state index contributed by atoms with van der Waals surface area (Å²) < 4.78 is 5.07. The van der Waals surface area contributed by atoms with Crippen molar-refractivity contribution in [3.63, 3.8) is 0 Å². The molecule has 2 aromatic rings. The number of aromatic amines is 1. The third kappa shape index (κ3) is 1.19. The number of fused-ring (bicyclic) bond motifs is 1. The number of nitrogens with one attached hydrogen (secondary N) is 1. The van der Waals surface area contributed by atoms with E-state index in [-0.39, 0.29) is 5.82 Å². The molecule has 0 spiro atoms. The van der Waals surface area contributed by atoms with Gasteiger partial charge in [0.05, 0.1) is 12.6 Å². The van der Waals surface area contributed by atoms with Gasteiger partial charge in [0.1, 0.15) is 11.3 Å². The van der Waals surface area contributed by atoms with E-state index in [0.717, 1.165) is 0 Å². The molecule has 0 saturated heterocycles. The molecular formula is C9H9N3O2. The predicted octanol–water partition coefficient (Wildman–Crippen LogP) is 0.514. The molecule has 3 N–H and O–H groups in total. The van der Waals surface area contributed by atoms with Crippen LogP contribution >= 0.6 is 0 Å². The average molecular weight is 191 g/mol. The van der Waals surface area contributed by atoms with Crippen molar-refractivity contribution in [3.05, 3.63) is 28.6 Å². The van der Waals surface area contributed by atoms with E-state index in [1.807, 2.05) is 0 Å². The summed E-state index contributed by atoms with van der Waals surface area (Å²) >= 11 is 0. The monoisotopic (exact) mass is 191 g/mol. The normalized spacial score (nSPS) is 10.4. The van der Waals surface area contributed by atoms with Crippen LogP contribution in [0.3, 0.4) is 0 Å². The molecule has 0 bridgehead atoms. The molecular weight excluding hydrogens is 182 g/mol. The molecule has 1 aromatic carbocycles. The molecule has 0 aliphatic heterocycles. The molecule has 1 heterocycles. The van der Waals surface area contributed by atoms with Gasteiger partial charge in [-0.2, -0.15) is 0 Å². The number of nitrogens with two attached hydrogens (primary N) is 1. The second-order valence-corrected chi connectivity index (χ2v) is 2.81. The summed E-state index contributed by atoms with van der Waals surface area (Å²) in [5.74, 6) is 0.540. The molecule has 0 fully saturated rings. The lowest BCUT2D eigenvalue weighted by Crippen LogP contribution is -2.13. The van der Waals surface area contributed by atoms with Gasteiger partial charge in [-0.05, 0) is 12.1 Å². The van der Waals surface area contributed by atoms with E-state index in [1.54, 1.807) is 18.2 Å². The van der Waals surface area contributed by atoms with E-state index in [0.29, 0.717) is 16.8 Å². The SMILES string of the molecule is COc1cccc2nc(N)c(=O)[nH]c12. The Balaban J connectivity index is 2.88. The number of H-pyrrole nitrogens is 1. The van der Waals surface area contributed by atoms with Gasteiger partial charge >= 0.3 is 0 Å². The maximum absolute atomic E-state index is 11.2. The Bertz CT molecular complexity index is 533. The van der Waals surface area contributed by atoms with Crippen LogP contribution < -0.4 is 16.0 Å². The van der Waals surface area contributed by atoms with E-state index in [4.69, 9.17) is 10.5 Å². The highest BCUT2D eigenvalue weighted by Gasteiger charge is 2.04. The van der Waals surface area contributed by atoms with Gasteiger partial charge in [0, 0.05) is 0 Å². The van der Waals surface area contributed by atoms with Crippen LogP contribution in [0.5, 0.6) is 5.75 Å². The van der Waals surface area contributed by atoms with E-state index in [2.05, 4.69) is 9.97 Å². The Hall–Kier alpha value is -2.04. The zero-order chi connectivity index (χ0) is 10.1. The molecule has 0 aliphatic rings. The van der Waals surface area contributed by atoms with Gasteiger partial charge in [-0.25, -0.2) is 4.98 Å². The molecule has 72 valence electrons. The van der Waals surface area contributed by atoms with Gasteiger partial charge < -0.3 is 15.5 Å². The first kappa shape index (κ1) is 8.55. The number of ether oxygens (including phenoxy) is 1. The van der Waals surface area contributed by atoms with E-state index < -0.39 is 5.56 Å². The zero-order valence-electron chi connectivity index (χ0n) is 7.57. The lowest BCUT2D eigenvalue weighted by atomic mass is 10.3. The summed E-state index contributed by atoms with van der Waals surface area (Å²) in [6.07, 6.45) is 0. The Morgan fingerprint density at radius 1 is 1.50 bits per heavy atom. The minimum absolute atomic E-state index is 0.0363. The van der Waals surface area contributed by atoms with Crippen LogP contribution in [-0.2, 0) is 0 Å².